The normalized spacial score (nSPS) is 16.8. The van der Waals surface area contributed by atoms with Gasteiger partial charge in [-0.3, -0.25) is 14.7 Å². The van der Waals surface area contributed by atoms with Crippen LogP contribution in [-0.2, 0) is 11.2 Å². The van der Waals surface area contributed by atoms with Crippen LogP contribution in [0.1, 0.15) is 42.8 Å². The molecule has 9 nitrogen and oxygen atoms in total. The summed E-state index contributed by atoms with van der Waals surface area (Å²) in [6, 6.07) is 5.12. The van der Waals surface area contributed by atoms with E-state index in [4.69, 9.17) is 9.26 Å². The van der Waals surface area contributed by atoms with Crippen LogP contribution in [0, 0.1) is 6.92 Å². The average Bonchev–Trinajstić information content (AvgIpc) is 3.39. The molecule has 0 saturated carbocycles. The molecule has 1 N–H and O–H groups in total. The van der Waals surface area contributed by atoms with Gasteiger partial charge < -0.3 is 14.2 Å². The van der Waals surface area contributed by atoms with Gasteiger partial charge in [0.1, 0.15) is 5.76 Å². The molecule has 28 heavy (non-hydrogen) atoms. The summed E-state index contributed by atoms with van der Waals surface area (Å²) in [5.41, 5.74) is 2.11. The summed E-state index contributed by atoms with van der Waals surface area (Å²) in [6.45, 7) is 5.52. The Morgan fingerprint density at radius 2 is 2.25 bits per heavy atom. The maximum absolute atomic E-state index is 12.6. The van der Waals surface area contributed by atoms with Gasteiger partial charge in [0.15, 0.2) is 5.65 Å². The summed E-state index contributed by atoms with van der Waals surface area (Å²) in [5, 5.41) is 6.77. The Morgan fingerprint density at radius 3 is 3.07 bits per heavy atom. The lowest BCUT2D eigenvalue weighted by atomic mass is 10.0. The van der Waals surface area contributed by atoms with E-state index in [0.717, 1.165) is 17.8 Å². The molecule has 0 spiro atoms. The molecule has 3 aromatic heterocycles. The summed E-state index contributed by atoms with van der Waals surface area (Å²) in [4.78, 5) is 31.3. The fourth-order valence-electron chi connectivity index (χ4n) is 3.58. The van der Waals surface area contributed by atoms with Gasteiger partial charge in [-0.15, -0.1) is 0 Å². The number of fused-ring (bicyclic) bond motifs is 1. The van der Waals surface area contributed by atoms with Crippen LogP contribution >= 0.6 is 0 Å². The zero-order valence-electron chi connectivity index (χ0n) is 16.0. The number of nitrogens with zero attached hydrogens (tertiary/aromatic N) is 4. The lowest BCUT2D eigenvalue weighted by molar-refractivity contribution is -0.130. The van der Waals surface area contributed by atoms with Crippen molar-refractivity contribution < 1.29 is 14.1 Å². The second-order valence-electron chi connectivity index (χ2n) is 7.04. The lowest BCUT2D eigenvalue weighted by Crippen LogP contribution is -2.29. The minimum Gasteiger partial charge on any atom is -0.476 e. The number of likely N-dealkylation sites (tertiary alicyclic amines) is 1. The molecule has 1 saturated heterocycles. The smallest absolute Gasteiger partial charge is 0.272 e. The van der Waals surface area contributed by atoms with Crippen molar-refractivity contribution in [2.45, 2.75) is 39.0 Å². The van der Waals surface area contributed by atoms with Gasteiger partial charge in [-0.2, -0.15) is 0 Å². The topological polar surface area (TPSA) is 106 Å². The van der Waals surface area contributed by atoms with Crippen LogP contribution in [-0.4, -0.2) is 50.3 Å². The number of amides is 1. The molecule has 1 atom stereocenters. The molecule has 148 valence electrons. The Balaban J connectivity index is 1.38. The number of carbonyl (C=O) groups excluding carboxylic acids is 1. The zero-order chi connectivity index (χ0) is 19.7. The summed E-state index contributed by atoms with van der Waals surface area (Å²) in [5.74, 6) is 1.22. The highest BCUT2D eigenvalue weighted by Gasteiger charge is 2.28. The third kappa shape index (κ3) is 3.64. The largest absolute Gasteiger partial charge is 0.476 e. The Hall–Kier alpha value is -3.10. The van der Waals surface area contributed by atoms with Crippen LogP contribution in [0.4, 0.5) is 0 Å². The molecule has 1 fully saturated rings. The van der Waals surface area contributed by atoms with Gasteiger partial charge in [0.25, 0.3) is 11.4 Å². The third-order valence-corrected chi connectivity index (χ3v) is 4.97. The number of aryl methyl sites for hydroxylation is 2. The highest BCUT2D eigenvalue weighted by molar-refractivity contribution is 5.76. The number of rotatable bonds is 6. The molecular weight excluding hydrogens is 362 g/mol. The number of hydrogen-bond acceptors (Lipinski definition) is 6. The van der Waals surface area contributed by atoms with E-state index in [-0.39, 0.29) is 17.4 Å². The maximum Gasteiger partial charge on any atom is 0.272 e. The van der Waals surface area contributed by atoms with Gasteiger partial charge in [-0.1, -0.05) is 0 Å². The van der Waals surface area contributed by atoms with Crippen LogP contribution in [0.2, 0.25) is 0 Å². The molecule has 3 aromatic rings. The van der Waals surface area contributed by atoms with Crippen LogP contribution in [0.15, 0.2) is 27.5 Å². The van der Waals surface area contributed by atoms with Crippen molar-refractivity contribution in [3.05, 3.63) is 45.7 Å². The minimum absolute atomic E-state index is 0.0622. The van der Waals surface area contributed by atoms with Crippen molar-refractivity contribution in [3.8, 4) is 5.88 Å². The Kier molecular flexibility index (Phi) is 4.89. The summed E-state index contributed by atoms with van der Waals surface area (Å²) in [6.07, 6.45) is 1.63. The summed E-state index contributed by atoms with van der Waals surface area (Å²) in [7, 11) is 0. The van der Waals surface area contributed by atoms with Crippen molar-refractivity contribution in [1.82, 2.24) is 24.7 Å². The van der Waals surface area contributed by atoms with E-state index >= 15 is 0 Å². The first-order valence-electron chi connectivity index (χ1n) is 9.49. The first kappa shape index (κ1) is 18.3. The van der Waals surface area contributed by atoms with Crippen molar-refractivity contribution in [1.29, 1.82) is 0 Å². The van der Waals surface area contributed by atoms with Crippen molar-refractivity contribution in [2.24, 2.45) is 0 Å². The second kappa shape index (κ2) is 7.49. The highest BCUT2D eigenvalue weighted by Crippen LogP contribution is 2.26. The van der Waals surface area contributed by atoms with Crippen molar-refractivity contribution >= 4 is 11.6 Å². The molecule has 1 aliphatic rings. The van der Waals surface area contributed by atoms with E-state index in [1.807, 2.05) is 24.8 Å². The Labute approximate surface area is 161 Å². The fraction of sp³-hybridized carbons (Fsp3) is 0.474. The number of aromatic nitrogens is 4. The molecular formula is C19H23N5O4. The zero-order valence-corrected chi connectivity index (χ0v) is 16.0. The first-order valence-corrected chi connectivity index (χ1v) is 9.49. The van der Waals surface area contributed by atoms with E-state index in [2.05, 4.69) is 15.2 Å². The monoisotopic (exact) mass is 385 g/mol. The highest BCUT2D eigenvalue weighted by atomic mass is 16.5. The molecule has 0 radical (unpaired) electrons. The summed E-state index contributed by atoms with van der Waals surface area (Å²) >= 11 is 0. The molecule has 9 heteroatoms. The number of aromatic amines is 1. The van der Waals surface area contributed by atoms with Gasteiger partial charge in [0.2, 0.25) is 5.91 Å². The SMILES string of the molecule is CCOc1cc(CCC(=O)N2CC[C@@H](c3cc(=O)n4[nH]c(C)cc4n3)C2)on1. The summed E-state index contributed by atoms with van der Waals surface area (Å²) < 4.78 is 11.9. The predicted molar refractivity (Wildman–Crippen MR) is 100 cm³/mol. The van der Waals surface area contributed by atoms with Gasteiger partial charge in [-0.05, 0) is 25.4 Å². The number of hydrogen-bond donors (Lipinski definition) is 1. The Bertz CT molecular complexity index is 1050. The van der Waals surface area contributed by atoms with Crippen LogP contribution in [0.3, 0.4) is 0 Å². The van der Waals surface area contributed by atoms with Gasteiger partial charge in [0, 0.05) is 55.7 Å². The average molecular weight is 385 g/mol. The van der Waals surface area contributed by atoms with E-state index in [1.165, 1.54) is 4.52 Å². The molecule has 0 bridgehead atoms. The maximum atomic E-state index is 12.6. The van der Waals surface area contributed by atoms with E-state index < -0.39 is 0 Å². The van der Waals surface area contributed by atoms with Crippen LogP contribution < -0.4 is 10.3 Å². The van der Waals surface area contributed by atoms with E-state index in [0.29, 0.717) is 49.8 Å². The predicted octanol–water partition coefficient (Wildman–Crippen LogP) is 1.67. The van der Waals surface area contributed by atoms with Gasteiger partial charge in [-0.25, -0.2) is 9.50 Å². The minimum atomic E-state index is -0.131. The molecule has 1 amide bonds. The van der Waals surface area contributed by atoms with Gasteiger partial charge in [0.05, 0.1) is 12.3 Å². The second-order valence-corrected chi connectivity index (χ2v) is 7.04. The quantitative estimate of drug-likeness (QED) is 0.692. The van der Waals surface area contributed by atoms with Crippen molar-refractivity contribution in [2.75, 3.05) is 19.7 Å². The lowest BCUT2D eigenvalue weighted by Gasteiger charge is -2.16. The first-order chi connectivity index (χ1) is 13.5. The molecule has 0 aromatic carbocycles. The molecule has 0 unspecified atom stereocenters. The van der Waals surface area contributed by atoms with Crippen molar-refractivity contribution in [3.63, 3.8) is 0 Å². The van der Waals surface area contributed by atoms with Crippen LogP contribution in [0.25, 0.3) is 5.65 Å². The molecule has 4 rings (SSSR count). The Morgan fingerprint density at radius 1 is 1.39 bits per heavy atom. The molecule has 1 aliphatic heterocycles. The standard InChI is InChI=1S/C19H23N5O4/c1-3-27-17-9-14(28-22-17)4-5-18(25)23-7-6-13(11-23)15-10-19(26)24-16(20-15)8-12(2)21-24/h8-10,13,21H,3-7,11H2,1-2H3/t13-/m1/s1. The molecule has 4 heterocycles. The van der Waals surface area contributed by atoms with E-state index in [9.17, 15) is 9.59 Å². The molecule has 0 aliphatic carbocycles. The van der Waals surface area contributed by atoms with E-state index in [1.54, 1.807) is 12.1 Å². The number of nitrogens with one attached hydrogen (secondary N) is 1. The number of carbonyl (C=O) groups is 1. The fourth-order valence-corrected chi connectivity index (χ4v) is 3.58. The third-order valence-electron chi connectivity index (χ3n) is 4.97. The van der Waals surface area contributed by atoms with Gasteiger partial charge >= 0.3 is 0 Å². The number of ether oxygens (including phenoxy) is 1. The van der Waals surface area contributed by atoms with Crippen LogP contribution in [0.5, 0.6) is 5.88 Å². The number of H-pyrrole nitrogens is 1.